The van der Waals surface area contributed by atoms with Crippen LogP contribution in [0.1, 0.15) is 13.3 Å². The molecular formula is C15H23NO5. The lowest BCUT2D eigenvalue weighted by Crippen LogP contribution is -2.13. The van der Waals surface area contributed by atoms with Gasteiger partial charge in [-0.3, -0.25) is 4.79 Å². The van der Waals surface area contributed by atoms with E-state index in [0.29, 0.717) is 45.3 Å². The van der Waals surface area contributed by atoms with Crippen LogP contribution in [0.2, 0.25) is 0 Å². The van der Waals surface area contributed by atoms with Crippen LogP contribution in [0.4, 0.5) is 5.69 Å². The van der Waals surface area contributed by atoms with Gasteiger partial charge in [0.1, 0.15) is 12.4 Å². The standard InChI is InChI=1S/C15H23NO5/c1-2-20-15(17)7-8-18-9-10-19-11-12-21-14-5-3-13(16)4-6-14/h3-6H,2,7-12,16H2,1H3. The molecule has 2 N–H and O–H groups in total. The van der Waals surface area contributed by atoms with Gasteiger partial charge in [0.15, 0.2) is 0 Å². The van der Waals surface area contributed by atoms with Gasteiger partial charge in [-0.05, 0) is 31.2 Å². The fourth-order valence-corrected chi connectivity index (χ4v) is 1.49. The van der Waals surface area contributed by atoms with Gasteiger partial charge in [-0.1, -0.05) is 0 Å². The van der Waals surface area contributed by atoms with Crippen molar-refractivity contribution in [1.82, 2.24) is 0 Å². The van der Waals surface area contributed by atoms with E-state index in [1.54, 1.807) is 19.1 Å². The minimum Gasteiger partial charge on any atom is -0.491 e. The Labute approximate surface area is 125 Å². The highest BCUT2D eigenvalue weighted by Crippen LogP contribution is 2.12. The molecule has 1 aromatic carbocycles. The van der Waals surface area contributed by atoms with Gasteiger partial charge in [0.2, 0.25) is 0 Å². The molecule has 0 bridgehead atoms. The highest BCUT2D eigenvalue weighted by atomic mass is 16.5. The van der Waals surface area contributed by atoms with Gasteiger partial charge in [-0.15, -0.1) is 0 Å². The monoisotopic (exact) mass is 297 g/mol. The van der Waals surface area contributed by atoms with Gasteiger partial charge in [-0.25, -0.2) is 0 Å². The van der Waals surface area contributed by atoms with Crippen LogP contribution in [0.15, 0.2) is 24.3 Å². The molecule has 0 spiro atoms. The van der Waals surface area contributed by atoms with Crippen molar-refractivity contribution >= 4 is 11.7 Å². The van der Waals surface area contributed by atoms with E-state index in [4.69, 9.17) is 24.7 Å². The molecule has 0 atom stereocenters. The Hall–Kier alpha value is -1.79. The maximum atomic E-state index is 11.0. The molecule has 1 aromatic rings. The van der Waals surface area contributed by atoms with Crippen LogP contribution in [0, 0.1) is 0 Å². The molecule has 0 radical (unpaired) electrons. The summed E-state index contributed by atoms with van der Waals surface area (Å²) in [7, 11) is 0. The highest BCUT2D eigenvalue weighted by molar-refractivity contribution is 5.69. The van der Waals surface area contributed by atoms with Crippen molar-refractivity contribution in [3.8, 4) is 5.75 Å². The minimum atomic E-state index is -0.240. The van der Waals surface area contributed by atoms with Gasteiger partial charge in [0.25, 0.3) is 0 Å². The number of hydrogen-bond donors (Lipinski definition) is 1. The number of benzene rings is 1. The summed E-state index contributed by atoms with van der Waals surface area (Å²) in [5.74, 6) is 0.522. The maximum absolute atomic E-state index is 11.0. The predicted molar refractivity (Wildman–Crippen MR) is 79.2 cm³/mol. The first kappa shape index (κ1) is 17.3. The van der Waals surface area contributed by atoms with Crippen LogP contribution in [0.5, 0.6) is 5.75 Å². The molecule has 0 saturated carbocycles. The molecule has 21 heavy (non-hydrogen) atoms. The van der Waals surface area contributed by atoms with E-state index in [0.717, 1.165) is 5.75 Å². The third-order valence-corrected chi connectivity index (χ3v) is 2.50. The second kappa shape index (κ2) is 10.9. The van der Waals surface area contributed by atoms with E-state index < -0.39 is 0 Å². The molecule has 0 amide bonds. The van der Waals surface area contributed by atoms with Crippen molar-refractivity contribution in [2.75, 3.05) is 45.4 Å². The largest absolute Gasteiger partial charge is 0.491 e. The van der Waals surface area contributed by atoms with Gasteiger partial charge >= 0.3 is 5.97 Å². The lowest BCUT2D eigenvalue weighted by atomic mass is 10.3. The molecule has 6 heteroatoms. The van der Waals surface area contributed by atoms with Gasteiger partial charge in [0, 0.05) is 5.69 Å². The third-order valence-electron chi connectivity index (χ3n) is 2.50. The summed E-state index contributed by atoms with van der Waals surface area (Å²) in [6.45, 7) is 4.38. The van der Waals surface area contributed by atoms with Gasteiger partial charge < -0.3 is 24.7 Å². The molecule has 0 fully saturated rings. The van der Waals surface area contributed by atoms with E-state index in [-0.39, 0.29) is 12.4 Å². The number of ether oxygens (including phenoxy) is 4. The number of nitrogens with two attached hydrogens (primary N) is 1. The lowest BCUT2D eigenvalue weighted by Gasteiger charge is -2.08. The smallest absolute Gasteiger partial charge is 0.308 e. The molecule has 0 aliphatic rings. The van der Waals surface area contributed by atoms with E-state index in [9.17, 15) is 4.79 Å². The Balaban J connectivity index is 1.88. The molecule has 6 nitrogen and oxygen atoms in total. The second-order valence-corrected chi connectivity index (χ2v) is 4.20. The van der Waals surface area contributed by atoms with Crippen molar-refractivity contribution in [1.29, 1.82) is 0 Å². The molecule has 0 aliphatic carbocycles. The number of esters is 1. The Bertz CT molecular complexity index is 394. The fourth-order valence-electron chi connectivity index (χ4n) is 1.49. The predicted octanol–water partition coefficient (Wildman–Crippen LogP) is 1.63. The highest BCUT2D eigenvalue weighted by Gasteiger charge is 2.00. The zero-order valence-corrected chi connectivity index (χ0v) is 12.4. The van der Waals surface area contributed by atoms with Gasteiger partial charge in [0.05, 0.1) is 39.5 Å². The van der Waals surface area contributed by atoms with Crippen LogP contribution >= 0.6 is 0 Å². The van der Waals surface area contributed by atoms with Crippen LogP contribution < -0.4 is 10.5 Å². The van der Waals surface area contributed by atoms with Crippen molar-refractivity contribution < 1.29 is 23.7 Å². The summed E-state index contributed by atoms with van der Waals surface area (Å²) in [5.41, 5.74) is 6.28. The van der Waals surface area contributed by atoms with Crippen molar-refractivity contribution in [2.24, 2.45) is 0 Å². The first-order valence-electron chi connectivity index (χ1n) is 7.02. The molecule has 0 aromatic heterocycles. The summed E-state index contributed by atoms with van der Waals surface area (Å²) in [6.07, 6.45) is 0.272. The van der Waals surface area contributed by atoms with E-state index in [2.05, 4.69) is 0 Å². The number of carbonyl (C=O) groups is 1. The molecule has 0 heterocycles. The van der Waals surface area contributed by atoms with Crippen LogP contribution in [-0.4, -0.2) is 45.6 Å². The number of hydrogen-bond acceptors (Lipinski definition) is 6. The Kier molecular flexibility index (Phi) is 8.99. The van der Waals surface area contributed by atoms with Crippen LogP contribution in [-0.2, 0) is 19.0 Å². The van der Waals surface area contributed by atoms with Crippen LogP contribution in [0.25, 0.3) is 0 Å². The molecular weight excluding hydrogens is 274 g/mol. The van der Waals surface area contributed by atoms with Crippen LogP contribution in [0.3, 0.4) is 0 Å². The fraction of sp³-hybridized carbons (Fsp3) is 0.533. The number of nitrogen functional groups attached to an aromatic ring is 1. The van der Waals surface area contributed by atoms with Crippen molar-refractivity contribution in [3.63, 3.8) is 0 Å². The van der Waals surface area contributed by atoms with E-state index in [1.165, 1.54) is 0 Å². The average molecular weight is 297 g/mol. The zero-order valence-electron chi connectivity index (χ0n) is 12.4. The molecule has 0 aliphatic heterocycles. The van der Waals surface area contributed by atoms with E-state index >= 15 is 0 Å². The van der Waals surface area contributed by atoms with Crippen molar-refractivity contribution in [3.05, 3.63) is 24.3 Å². The topological polar surface area (TPSA) is 80.0 Å². The zero-order chi connectivity index (χ0) is 15.3. The minimum absolute atomic E-state index is 0.240. The summed E-state index contributed by atoms with van der Waals surface area (Å²) in [5, 5.41) is 0. The number of rotatable bonds is 11. The van der Waals surface area contributed by atoms with Crippen molar-refractivity contribution in [2.45, 2.75) is 13.3 Å². The summed E-state index contributed by atoms with van der Waals surface area (Å²) in [6, 6.07) is 7.20. The Morgan fingerprint density at radius 3 is 2.29 bits per heavy atom. The summed E-state index contributed by atoms with van der Waals surface area (Å²) in [4.78, 5) is 11.0. The molecule has 1 rings (SSSR count). The normalized spacial score (nSPS) is 10.3. The quantitative estimate of drug-likeness (QED) is 0.380. The summed E-state index contributed by atoms with van der Waals surface area (Å²) >= 11 is 0. The SMILES string of the molecule is CCOC(=O)CCOCCOCCOc1ccc(N)cc1. The average Bonchev–Trinajstić information content (AvgIpc) is 2.47. The third kappa shape index (κ3) is 8.88. The summed E-state index contributed by atoms with van der Waals surface area (Å²) < 4.78 is 20.8. The number of anilines is 1. The lowest BCUT2D eigenvalue weighted by molar-refractivity contribution is -0.144. The molecule has 0 saturated heterocycles. The maximum Gasteiger partial charge on any atom is 0.308 e. The molecule has 118 valence electrons. The van der Waals surface area contributed by atoms with E-state index in [1.807, 2.05) is 12.1 Å². The second-order valence-electron chi connectivity index (χ2n) is 4.20. The van der Waals surface area contributed by atoms with Gasteiger partial charge in [-0.2, -0.15) is 0 Å². The Morgan fingerprint density at radius 2 is 1.62 bits per heavy atom. The Morgan fingerprint density at radius 1 is 1.00 bits per heavy atom. The number of carbonyl (C=O) groups excluding carboxylic acids is 1. The molecule has 0 unspecified atom stereocenters. The first-order chi connectivity index (χ1) is 10.2. The first-order valence-corrected chi connectivity index (χ1v) is 7.02.